The van der Waals surface area contributed by atoms with Gasteiger partial charge in [0.25, 0.3) is 5.91 Å². The van der Waals surface area contributed by atoms with Gasteiger partial charge in [-0.05, 0) is 47.0 Å². The minimum absolute atomic E-state index is 0.110. The number of halogens is 1. The first kappa shape index (κ1) is 15.7. The van der Waals surface area contributed by atoms with E-state index in [1.54, 1.807) is 17.0 Å². The first-order chi connectivity index (χ1) is 9.01. The maximum Gasteiger partial charge on any atom is 0.336 e. The Morgan fingerprint density at radius 1 is 1.21 bits per heavy atom. The van der Waals surface area contributed by atoms with E-state index in [9.17, 15) is 9.59 Å². The van der Waals surface area contributed by atoms with Crippen LogP contribution in [-0.4, -0.2) is 35.0 Å². The third kappa shape index (κ3) is 4.06. The first-order valence-corrected chi connectivity index (χ1v) is 7.12. The van der Waals surface area contributed by atoms with Crippen molar-refractivity contribution in [2.24, 2.45) is 0 Å². The molecule has 0 aliphatic heterocycles. The fraction of sp³-hybridized carbons (Fsp3) is 0.429. The zero-order valence-corrected chi connectivity index (χ0v) is 12.7. The van der Waals surface area contributed by atoms with Gasteiger partial charge in [-0.3, -0.25) is 4.79 Å². The fourth-order valence-corrected chi connectivity index (χ4v) is 2.28. The van der Waals surface area contributed by atoms with Crippen molar-refractivity contribution >= 4 is 27.8 Å². The molecular formula is C14H18BrNO3. The summed E-state index contributed by atoms with van der Waals surface area (Å²) in [4.78, 5) is 25.2. The molecule has 1 N–H and O–H groups in total. The van der Waals surface area contributed by atoms with Crippen LogP contribution in [0.3, 0.4) is 0 Å². The maximum absolute atomic E-state index is 12.3. The highest BCUT2D eigenvalue weighted by Crippen LogP contribution is 2.19. The van der Waals surface area contributed by atoms with E-state index in [4.69, 9.17) is 5.11 Å². The number of benzene rings is 1. The Bertz CT molecular complexity index is 468. The van der Waals surface area contributed by atoms with Crippen molar-refractivity contribution in [2.45, 2.75) is 26.7 Å². The topological polar surface area (TPSA) is 57.6 Å². The SMILES string of the molecule is CCCN(CCC)C(=O)c1ccc(Br)c(C(=O)O)c1. The third-order valence-electron chi connectivity index (χ3n) is 2.72. The van der Waals surface area contributed by atoms with Crippen LogP contribution >= 0.6 is 15.9 Å². The molecule has 0 atom stereocenters. The van der Waals surface area contributed by atoms with E-state index >= 15 is 0 Å². The van der Waals surface area contributed by atoms with E-state index in [0.717, 1.165) is 12.8 Å². The summed E-state index contributed by atoms with van der Waals surface area (Å²) < 4.78 is 0.481. The lowest BCUT2D eigenvalue weighted by Crippen LogP contribution is -2.32. The quantitative estimate of drug-likeness (QED) is 0.871. The van der Waals surface area contributed by atoms with Crippen molar-refractivity contribution in [2.75, 3.05) is 13.1 Å². The molecule has 0 aromatic heterocycles. The van der Waals surface area contributed by atoms with Crippen LogP contribution in [0.5, 0.6) is 0 Å². The molecular weight excluding hydrogens is 310 g/mol. The summed E-state index contributed by atoms with van der Waals surface area (Å²) in [6.07, 6.45) is 1.77. The van der Waals surface area contributed by atoms with Crippen LogP contribution in [0.4, 0.5) is 0 Å². The molecule has 1 aromatic rings. The van der Waals surface area contributed by atoms with E-state index in [1.807, 2.05) is 13.8 Å². The molecule has 104 valence electrons. The van der Waals surface area contributed by atoms with Crippen LogP contribution in [0.1, 0.15) is 47.4 Å². The van der Waals surface area contributed by atoms with E-state index < -0.39 is 5.97 Å². The molecule has 0 aliphatic rings. The molecule has 0 spiro atoms. The number of nitrogens with zero attached hydrogens (tertiary/aromatic N) is 1. The number of amides is 1. The van der Waals surface area contributed by atoms with Crippen LogP contribution in [-0.2, 0) is 0 Å². The molecule has 0 aliphatic carbocycles. The molecule has 1 aromatic carbocycles. The Balaban J connectivity index is 3.04. The lowest BCUT2D eigenvalue weighted by atomic mass is 10.1. The molecule has 5 heteroatoms. The second kappa shape index (κ2) is 7.28. The van der Waals surface area contributed by atoms with Gasteiger partial charge in [0.2, 0.25) is 0 Å². The fourth-order valence-electron chi connectivity index (χ4n) is 1.86. The highest BCUT2D eigenvalue weighted by Gasteiger charge is 2.17. The van der Waals surface area contributed by atoms with E-state index in [1.165, 1.54) is 6.07 Å². The number of hydrogen-bond donors (Lipinski definition) is 1. The van der Waals surface area contributed by atoms with E-state index in [0.29, 0.717) is 23.1 Å². The number of carboxylic acid groups (broad SMARTS) is 1. The summed E-state index contributed by atoms with van der Waals surface area (Å²) in [7, 11) is 0. The van der Waals surface area contributed by atoms with Gasteiger partial charge in [0, 0.05) is 23.1 Å². The number of carboxylic acids is 1. The summed E-state index contributed by atoms with van der Waals surface area (Å²) in [5.41, 5.74) is 0.529. The predicted molar refractivity (Wildman–Crippen MR) is 77.6 cm³/mol. The van der Waals surface area contributed by atoms with Gasteiger partial charge in [-0.1, -0.05) is 13.8 Å². The predicted octanol–water partition coefficient (Wildman–Crippen LogP) is 3.41. The Morgan fingerprint density at radius 2 is 1.79 bits per heavy atom. The van der Waals surface area contributed by atoms with Crippen LogP contribution in [0, 0.1) is 0 Å². The van der Waals surface area contributed by atoms with Crippen molar-refractivity contribution in [1.82, 2.24) is 4.90 Å². The molecule has 0 unspecified atom stereocenters. The summed E-state index contributed by atoms with van der Waals surface area (Å²) >= 11 is 3.17. The number of carbonyl (C=O) groups excluding carboxylic acids is 1. The normalized spacial score (nSPS) is 10.3. The van der Waals surface area contributed by atoms with E-state index in [2.05, 4.69) is 15.9 Å². The largest absolute Gasteiger partial charge is 0.478 e. The molecule has 4 nitrogen and oxygen atoms in total. The molecule has 0 fully saturated rings. The molecule has 0 bridgehead atoms. The number of carbonyl (C=O) groups is 2. The number of hydrogen-bond acceptors (Lipinski definition) is 2. The van der Waals surface area contributed by atoms with Crippen molar-refractivity contribution < 1.29 is 14.7 Å². The summed E-state index contributed by atoms with van der Waals surface area (Å²) in [6, 6.07) is 4.68. The molecule has 0 heterocycles. The van der Waals surface area contributed by atoms with Gasteiger partial charge in [-0.15, -0.1) is 0 Å². The van der Waals surface area contributed by atoms with Gasteiger partial charge >= 0.3 is 5.97 Å². The standard InChI is InChI=1S/C14H18BrNO3/c1-3-7-16(8-4-2)13(17)10-5-6-12(15)11(9-10)14(18)19/h5-6,9H,3-4,7-8H2,1-2H3,(H,18,19). The first-order valence-electron chi connectivity index (χ1n) is 6.33. The van der Waals surface area contributed by atoms with Crippen molar-refractivity contribution in [1.29, 1.82) is 0 Å². The average molecular weight is 328 g/mol. The number of aromatic carboxylic acids is 1. The van der Waals surface area contributed by atoms with Gasteiger partial charge in [0.05, 0.1) is 5.56 Å². The Morgan fingerprint density at radius 3 is 2.26 bits per heavy atom. The smallest absolute Gasteiger partial charge is 0.336 e. The molecule has 0 saturated carbocycles. The van der Waals surface area contributed by atoms with Crippen molar-refractivity contribution in [3.63, 3.8) is 0 Å². The molecule has 0 radical (unpaired) electrons. The minimum atomic E-state index is -1.04. The summed E-state index contributed by atoms with van der Waals surface area (Å²) in [5.74, 6) is -1.15. The maximum atomic E-state index is 12.3. The van der Waals surface area contributed by atoms with Gasteiger partial charge in [-0.25, -0.2) is 4.79 Å². The van der Waals surface area contributed by atoms with Crippen LogP contribution in [0.25, 0.3) is 0 Å². The second-order valence-corrected chi connectivity index (χ2v) is 5.15. The zero-order chi connectivity index (χ0) is 14.4. The van der Waals surface area contributed by atoms with E-state index in [-0.39, 0.29) is 11.5 Å². The van der Waals surface area contributed by atoms with Gasteiger partial charge in [-0.2, -0.15) is 0 Å². The molecule has 19 heavy (non-hydrogen) atoms. The highest BCUT2D eigenvalue weighted by molar-refractivity contribution is 9.10. The van der Waals surface area contributed by atoms with Crippen molar-refractivity contribution in [3.8, 4) is 0 Å². The van der Waals surface area contributed by atoms with Crippen LogP contribution < -0.4 is 0 Å². The average Bonchev–Trinajstić information content (AvgIpc) is 2.38. The van der Waals surface area contributed by atoms with Crippen molar-refractivity contribution in [3.05, 3.63) is 33.8 Å². The van der Waals surface area contributed by atoms with Gasteiger partial charge < -0.3 is 10.0 Å². The lowest BCUT2D eigenvalue weighted by molar-refractivity contribution is 0.0696. The molecule has 1 rings (SSSR count). The molecule has 1 amide bonds. The van der Waals surface area contributed by atoms with Crippen LogP contribution in [0.2, 0.25) is 0 Å². The second-order valence-electron chi connectivity index (χ2n) is 4.29. The Kier molecular flexibility index (Phi) is 6.02. The highest BCUT2D eigenvalue weighted by atomic mass is 79.9. The van der Waals surface area contributed by atoms with Crippen LogP contribution in [0.15, 0.2) is 22.7 Å². The third-order valence-corrected chi connectivity index (χ3v) is 3.41. The monoisotopic (exact) mass is 327 g/mol. The zero-order valence-electron chi connectivity index (χ0n) is 11.1. The van der Waals surface area contributed by atoms with Gasteiger partial charge in [0.15, 0.2) is 0 Å². The Labute approximate surface area is 121 Å². The van der Waals surface area contributed by atoms with Gasteiger partial charge in [0.1, 0.15) is 0 Å². The minimum Gasteiger partial charge on any atom is -0.478 e. The Hall–Kier alpha value is -1.36. The lowest BCUT2D eigenvalue weighted by Gasteiger charge is -2.21. The summed E-state index contributed by atoms with van der Waals surface area (Å²) in [6.45, 7) is 5.40. The summed E-state index contributed by atoms with van der Waals surface area (Å²) in [5, 5.41) is 9.06. The molecule has 0 saturated heterocycles. The number of rotatable bonds is 6.